The number of para-hydroxylation sites is 1. The Morgan fingerprint density at radius 3 is 2.33 bits per heavy atom. The topological polar surface area (TPSA) is 72.5 Å². The highest BCUT2D eigenvalue weighted by Gasteiger charge is 2.17. The van der Waals surface area contributed by atoms with Crippen LogP contribution in [0.3, 0.4) is 0 Å². The van der Waals surface area contributed by atoms with Crippen LogP contribution in [0.2, 0.25) is 0 Å². The zero-order valence-corrected chi connectivity index (χ0v) is 12.3. The number of methoxy groups -OCH3 is 1. The Morgan fingerprint density at radius 1 is 1.05 bits per heavy atom. The number of esters is 1. The van der Waals surface area contributed by atoms with E-state index in [2.05, 4.69) is 9.46 Å². The number of nitrogens with one attached hydrogen (secondary N) is 1. The van der Waals surface area contributed by atoms with Gasteiger partial charge in [0.25, 0.3) is 0 Å². The summed E-state index contributed by atoms with van der Waals surface area (Å²) in [6.07, 6.45) is 0. The van der Waals surface area contributed by atoms with Gasteiger partial charge in [-0.2, -0.15) is 0 Å². The molecule has 0 bridgehead atoms. The van der Waals surface area contributed by atoms with Gasteiger partial charge in [-0.1, -0.05) is 42.5 Å². The fourth-order valence-corrected chi connectivity index (χ4v) is 3.07. The lowest BCUT2D eigenvalue weighted by molar-refractivity contribution is 0.0602. The maximum Gasteiger partial charge on any atom is 0.339 e. The SMILES string of the molecule is COC(=O)c1ccccc1NS(=O)(=O)Cc1ccccc1. The van der Waals surface area contributed by atoms with Crippen molar-refractivity contribution in [2.24, 2.45) is 0 Å². The Morgan fingerprint density at radius 2 is 1.67 bits per heavy atom. The van der Waals surface area contributed by atoms with Gasteiger partial charge in [0.05, 0.1) is 24.1 Å². The zero-order chi connectivity index (χ0) is 15.3. The van der Waals surface area contributed by atoms with Crippen LogP contribution in [0.4, 0.5) is 5.69 Å². The number of carbonyl (C=O) groups is 1. The van der Waals surface area contributed by atoms with Crippen molar-refractivity contribution in [2.45, 2.75) is 5.75 Å². The molecule has 2 aromatic carbocycles. The van der Waals surface area contributed by atoms with Gasteiger partial charge < -0.3 is 4.74 Å². The van der Waals surface area contributed by atoms with Gasteiger partial charge in [-0.15, -0.1) is 0 Å². The Bertz CT molecular complexity index is 726. The van der Waals surface area contributed by atoms with Crippen LogP contribution in [0.1, 0.15) is 15.9 Å². The fraction of sp³-hybridized carbons (Fsp3) is 0.133. The molecule has 0 saturated carbocycles. The second-order valence-electron chi connectivity index (χ2n) is 4.38. The summed E-state index contributed by atoms with van der Waals surface area (Å²) in [4.78, 5) is 11.6. The average Bonchev–Trinajstić information content (AvgIpc) is 2.47. The molecule has 0 aliphatic carbocycles. The van der Waals surface area contributed by atoms with Crippen molar-refractivity contribution in [1.82, 2.24) is 0 Å². The molecule has 0 aliphatic heterocycles. The maximum atomic E-state index is 12.2. The van der Waals surface area contributed by atoms with Crippen molar-refractivity contribution in [3.63, 3.8) is 0 Å². The second kappa shape index (κ2) is 6.41. The number of hydrogen-bond donors (Lipinski definition) is 1. The van der Waals surface area contributed by atoms with E-state index in [4.69, 9.17) is 0 Å². The molecule has 0 aliphatic rings. The molecule has 0 amide bonds. The monoisotopic (exact) mass is 305 g/mol. The molecule has 6 heteroatoms. The van der Waals surface area contributed by atoms with Crippen LogP contribution in [-0.2, 0) is 20.5 Å². The molecule has 0 aromatic heterocycles. The summed E-state index contributed by atoms with van der Waals surface area (Å²) in [7, 11) is -2.36. The lowest BCUT2D eigenvalue weighted by Crippen LogP contribution is -2.17. The Kier molecular flexibility index (Phi) is 4.59. The molecule has 110 valence electrons. The van der Waals surface area contributed by atoms with E-state index < -0.39 is 16.0 Å². The normalized spacial score (nSPS) is 10.9. The first-order chi connectivity index (χ1) is 10.0. The van der Waals surface area contributed by atoms with E-state index in [0.717, 1.165) is 0 Å². The summed E-state index contributed by atoms with van der Waals surface area (Å²) >= 11 is 0. The van der Waals surface area contributed by atoms with Crippen molar-refractivity contribution in [2.75, 3.05) is 11.8 Å². The predicted octanol–water partition coefficient (Wildman–Crippen LogP) is 2.42. The number of carbonyl (C=O) groups excluding carboxylic acids is 1. The van der Waals surface area contributed by atoms with E-state index >= 15 is 0 Å². The first-order valence-electron chi connectivity index (χ1n) is 6.23. The van der Waals surface area contributed by atoms with Crippen LogP contribution >= 0.6 is 0 Å². The van der Waals surface area contributed by atoms with Crippen molar-refractivity contribution < 1.29 is 17.9 Å². The van der Waals surface area contributed by atoms with Gasteiger partial charge in [0.2, 0.25) is 10.0 Å². The molecular weight excluding hydrogens is 290 g/mol. The van der Waals surface area contributed by atoms with Gasteiger partial charge in [0.15, 0.2) is 0 Å². The van der Waals surface area contributed by atoms with Crippen LogP contribution in [0.25, 0.3) is 0 Å². The fourth-order valence-electron chi connectivity index (χ4n) is 1.86. The minimum atomic E-state index is -3.61. The number of sulfonamides is 1. The molecule has 2 rings (SSSR count). The third-order valence-electron chi connectivity index (χ3n) is 2.80. The highest BCUT2D eigenvalue weighted by molar-refractivity contribution is 7.91. The van der Waals surface area contributed by atoms with Gasteiger partial charge in [-0.3, -0.25) is 4.72 Å². The average molecular weight is 305 g/mol. The van der Waals surface area contributed by atoms with Crippen molar-refractivity contribution in [3.8, 4) is 0 Å². The van der Waals surface area contributed by atoms with Gasteiger partial charge in [0, 0.05) is 0 Å². The summed E-state index contributed by atoms with van der Waals surface area (Å²) in [5, 5.41) is 0. The number of hydrogen-bond acceptors (Lipinski definition) is 4. The van der Waals surface area contributed by atoms with E-state index in [0.29, 0.717) is 5.56 Å². The third kappa shape index (κ3) is 4.06. The summed E-state index contributed by atoms with van der Waals surface area (Å²) in [6.45, 7) is 0. The molecule has 0 fully saturated rings. The van der Waals surface area contributed by atoms with Crippen LogP contribution < -0.4 is 4.72 Å². The summed E-state index contributed by atoms with van der Waals surface area (Å²) in [5.74, 6) is -0.753. The van der Waals surface area contributed by atoms with E-state index in [1.54, 1.807) is 36.4 Å². The largest absolute Gasteiger partial charge is 0.465 e. The molecule has 0 unspecified atom stereocenters. The molecule has 0 atom stereocenters. The highest BCUT2D eigenvalue weighted by atomic mass is 32.2. The van der Waals surface area contributed by atoms with Crippen molar-refractivity contribution >= 4 is 21.7 Å². The minimum absolute atomic E-state index is 0.163. The second-order valence-corrected chi connectivity index (χ2v) is 6.11. The van der Waals surface area contributed by atoms with E-state index in [9.17, 15) is 13.2 Å². The lowest BCUT2D eigenvalue weighted by atomic mass is 10.2. The smallest absolute Gasteiger partial charge is 0.339 e. The van der Waals surface area contributed by atoms with Crippen molar-refractivity contribution in [3.05, 3.63) is 65.7 Å². The number of rotatable bonds is 5. The van der Waals surface area contributed by atoms with Crippen LogP contribution in [0.5, 0.6) is 0 Å². The Labute approximate surface area is 123 Å². The number of anilines is 1. The van der Waals surface area contributed by atoms with Crippen LogP contribution in [0.15, 0.2) is 54.6 Å². The molecule has 2 aromatic rings. The standard InChI is InChI=1S/C15H15NO4S/c1-20-15(17)13-9-5-6-10-14(13)16-21(18,19)11-12-7-3-2-4-8-12/h2-10,16H,11H2,1H3. The Balaban J connectivity index is 2.23. The Hall–Kier alpha value is -2.34. The lowest BCUT2D eigenvalue weighted by Gasteiger charge is -2.11. The van der Waals surface area contributed by atoms with E-state index in [1.165, 1.54) is 19.2 Å². The molecule has 1 N–H and O–H groups in total. The predicted molar refractivity (Wildman–Crippen MR) is 80.5 cm³/mol. The quantitative estimate of drug-likeness (QED) is 0.861. The van der Waals surface area contributed by atoms with Crippen LogP contribution in [0, 0.1) is 0 Å². The first-order valence-corrected chi connectivity index (χ1v) is 7.89. The van der Waals surface area contributed by atoms with Gasteiger partial charge in [-0.05, 0) is 17.7 Å². The molecule has 0 radical (unpaired) electrons. The number of benzene rings is 2. The van der Waals surface area contributed by atoms with Crippen molar-refractivity contribution in [1.29, 1.82) is 0 Å². The highest BCUT2D eigenvalue weighted by Crippen LogP contribution is 2.19. The van der Waals surface area contributed by atoms with Gasteiger partial charge >= 0.3 is 5.97 Å². The zero-order valence-electron chi connectivity index (χ0n) is 11.4. The molecule has 0 heterocycles. The molecule has 21 heavy (non-hydrogen) atoms. The third-order valence-corrected chi connectivity index (χ3v) is 4.04. The number of ether oxygens (including phenoxy) is 1. The first kappa shape index (κ1) is 15.1. The summed E-state index contributed by atoms with van der Waals surface area (Å²) < 4.78 is 31.4. The van der Waals surface area contributed by atoms with Crippen LogP contribution in [-0.4, -0.2) is 21.5 Å². The molecular formula is C15H15NO4S. The summed E-state index contributed by atoms with van der Waals surface area (Å²) in [5.41, 5.74) is 1.05. The minimum Gasteiger partial charge on any atom is -0.465 e. The molecule has 0 spiro atoms. The van der Waals surface area contributed by atoms with E-state index in [1.807, 2.05) is 6.07 Å². The maximum absolute atomic E-state index is 12.2. The molecule has 0 saturated heterocycles. The van der Waals surface area contributed by atoms with Gasteiger partial charge in [0.1, 0.15) is 0 Å². The summed E-state index contributed by atoms with van der Waals surface area (Å²) in [6, 6.07) is 15.1. The molecule has 5 nitrogen and oxygen atoms in total. The van der Waals surface area contributed by atoms with Gasteiger partial charge in [-0.25, -0.2) is 13.2 Å². The van der Waals surface area contributed by atoms with E-state index in [-0.39, 0.29) is 17.0 Å².